The molecule has 1 heterocycles. The first-order valence-electron chi connectivity index (χ1n) is 5.44. The Morgan fingerprint density at radius 2 is 1.76 bits per heavy atom. The zero-order chi connectivity index (χ0) is 15.8. The number of halogens is 4. The van der Waals surface area contributed by atoms with E-state index < -0.39 is 23.6 Å². The summed E-state index contributed by atoms with van der Waals surface area (Å²) in [7, 11) is 0. The summed E-state index contributed by atoms with van der Waals surface area (Å²) in [5, 5.41) is 13.2. The van der Waals surface area contributed by atoms with Gasteiger partial charge >= 0.3 is 17.8 Å². The molecule has 6 nitrogen and oxygen atoms in total. The van der Waals surface area contributed by atoms with Gasteiger partial charge in [0.25, 0.3) is 0 Å². The van der Waals surface area contributed by atoms with Gasteiger partial charge in [0.15, 0.2) is 5.82 Å². The summed E-state index contributed by atoms with van der Waals surface area (Å²) >= 11 is 0. The van der Waals surface area contributed by atoms with Gasteiger partial charge in [0.05, 0.1) is 0 Å². The number of nitrogens with two attached hydrogens (primary N) is 1. The number of carbonyl (C=O) groups is 1. The molecule has 21 heavy (non-hydrogen) atoms. The first kappa shape index (κ1) is 14.8. The number of hydrogen-bond donors (Lipinski definition) is 3. The van der Waals surface area contributed by atoms with Gasteiger partial charge < -0.3 is 10.8 Å². The number of H-pyrrole nitrogens is 1. The Morgan fingerprint density at radius 1 is 1.19 bits per heavy atom. The minimum atomic E-state index is -5.31. The predicted molar refractivity (Wildman–Crippen MR) is 62.7 cm³/mol. The first-order chi connectivity index (χ1) is 9.66. The molecule has 2 aromatic rings. The number of hydrogen-bond acceptors (Lipinski definition) is 4. The van der Waals surface area contributed by atoms with Gasteiger partial charge in [-0.2, -0.15) is 22.7 Å². The molecule has 0 aliphatic heterocycles. The highest BCUT2D eigenvalue weighted by Crippen LogP contribution is 2.41. The van der Waals surface area contributed by atoms with Gasteiger partial charge in [-0.05, 0) is 24.3 Å². The number of carboxylic acids is 1. The molecule has 0 fully saturated rings. The van der Waals surface area contributed by atoms with Gasteiger partial charge in [-0.3, -0.25) is 5.10 Å². The lowest BCUT2D eigenvalue weighted by atomic mass is 10.1. The molecule has 1 aromatic carbocycles. The van der Waals surface area contributed by atoms with Gasteiger partial charge in [-0.1, -0.05) is 0 Å². The van der Waals surface area contributed by atoms with Crippen molar-refractivity contribution >= 4 is 11.7 Å². The number of nitrogen functional groups attached to an aromatic ring is 1. The average molecular weight is 304 g/mol. The number of aliphatic carboxylic acids is 1. The smallest absolute Gasteiger partial charge is 0.411 e. The number of rotatable bonds is 4. The van der Waals surface area contributed by atoms with Crippen molar-refractivity contribution in [1.29, 1.82) is 0 Å². The number of benzene rings is 1. The van der Waals surface area contributed by atoms with Crippen molar-refractivity contribution in [3.05, 3.63) is 30.1 Å². The van der Waals surface area contributed by atoms with Crippen molar-refractivity contribution in [1.82, 2.24) is 15.2 Å². The average Bonchev–Trinajstić information content (AvgIpc) is 2.89. The number of anilines is 1. The number of alkyl halides is 4. The number of nitrogens with one attached hydrogen (secondary N) is 1. The Kier molecular flexibility index (Phi) is 3.32. The normalized spacial score (nSPS) is 12.4. The van der Waals surface area contributed by atoms with E-state index in [4.69, 9.17) is 10.8 Å². The number of nitrogens with zero attached hydrogens (tertiary/aromatic N) is 2. The lowest BCUT2D eigenvalue weighted by Crippen LogP contribution is -2.45. The van der Waals surface area contributed by atoms with Crippen LogP contribution >= 0.6 is 0 Å². The van der Waals surface area contributed by atoms with Crippen LogP contribution in [0.3, 0.4) is 0 Å². The molecule has 0 aliphatic carbocycles. The van der Waals surface area contributed by atoms with Crippen molar-refractivity contribution in [3.8, 4) is 11.4 Å². The largest absolute Gasteiger partial charge is 0.477 e. The van der Waals surface area contributed by atoms with E-state index in [1.165, 1.54) is 24.3 Å². The van der Waals surface area contributed by atoms with Crippen LogP contribution in [-0.2, 0) is 10.7 Å². The number of aromatic nitrogens is 3. The van der Waals surface area contributed by atoms with Crippen LogP contribution in [0.25, 0.3) is 11.4 Å². The molecule has 0 bridgehead atoms. The molecule has 0 saturated carbocycles. The van der Waals surface area contributed by atoms with E-state index in [2.05, 4.69) is 10.1 Å². The van der Waals surface area contributed by atoms with Gasteiger partial charge in [-0.25, -0.2) is 9.78 Å². The van der Waals surface area contributed by atoms with Crippen LogP contribution in [0.2, 0.25) is 0 Å². The fraction of sp³-hybridized carbons (Fsp3) is 0.182. The summed E-state index contributed by atoms with van der Waals surface area (Å²) in [5.74, 6) is -15.1. The maximum absolute atomic E-state index is 13.5. The van der Waals surface area contributed by atoms with E-state index in [0.717, 1.165) is 0 Å². The third kappa shape index (κ3) is 2.39. The van der Waals surface area contributed by atoms with E-state index >= 15 is 0 Å². The molecule has 0 radical (unpaired) electrons. The monoisotopic (exact) mass is 304 g/mol. The Balaban J connectivity index is 2.40. The SMILES string of the molecule is Nc1ccc(-c2n[nH]c(C(F)(F)C(F)(F)C(=O)O)n2)cc1. The third-order valence-electron chi connectivity index (χ3n) is 2.61. The van der Waals surface area contributed by atoms with Crippen LogP contribution in [-0.4, -0.2) is 32.2 Å². The molecule has 1 aromatic heterocycles. The third-order valence-corrected chi connectivity index (χ3v) is 2.61. The number of carboxylic acid groups (broad SMARTS) is 1. The highest BCUT2D eigenvalue weighted by atomic mass is 19.3. The van der Waals surface area contributed by atoms with E-state index in [0.29, 0.717) is 5.69 Å². The second-order valence-electron chi connectivity index (χ2n) is 4.08. The summed E-state index contributed by atoms with van der Waals surface area (Å²) in [6.45, 7) is 0. The standard InChI is InChI=1S/C11H8F4N4O2/c12-10(13,11(14,15)9(20)21)8-17-7(18-19-8)5-1-3-6(16)4-2-5/h1-4H,16H2,(H,20,21)(H,17,18,19). The summed E-state index contributed by atoms with van der Waals surface area (Å²) in [6, 6.07) is 5.68. The highest BCUT2D eigenvalue weighted by Gasteiger charge is 2.65. The summed E-state index contributed by atoms with van der Waals surface area (Å²) in [6.07, 6.45) is 0. The van der Waals surface area contributed by atoms with E-state index in [-0.39, 0.29) is 11.4 Å². The van der Waals surface area contributed by atoms with Crippen LogP contribution in [0.1, 0.15) is 5.82 Å². The summed E-state index contributed by atoms with van der Waals surface area (Å²) in [4.78, 5) is 13.5. The molecule has 10 heteroatoms. The quantitative estimate of drug-likeness (QED) is 0.590. The van der Waals surface area contributed by atoms with E-state index in [1.807, 2.05) is 0 Å². The molecular formula is C11H8F4N4O2. The van der Waals surface area contributed by atoms with Gasteiger partial charge in [-0.15, -0.1) is 0 Å². The van der Waals surface area contributed by atoms with Gasteiger partial charge in [0.2, 0.25) is 5.82 Å². The van der Waals surface area contributed by atoms with E-state index in [1.54, 1.807) is 5.10 Å². The Morgan fingerprint density at radius 3 is 2.29 bits per heavy atom. The Bertz CT molecular complexity index is 669. The van der Waals surface area contributed by atoms with Crippen molar-refractivity contribution in [2.45, 2.75) is 11.8 Å². The zero-order valence-corrected chi connectivity index (χ0v) is 10.1. The van der Waals surface area contributed by atoms with Crippen LogP contribution in [0.5, 0.6) is 0 Å². The molecule has 0 spiro atoms. The second-order valence-corrected chi connectivity index (χ2v) is 4.08. The van der Waals surface area contributed by atoms with Crippen LogP contribution in [0.4, 0.5) is 23.2 Å². The van der Waals surface area contributed by atoms with Crippen molar-refractivity contribution < 1.29 is 27.5 Å². The maximum Gasteiger partial charge on any atom is 0.411 e. The molecule has 0 aliphatic rings. The fourth-order valence-corrected chi connectivity index (χ4v) is 1.45. The second kappa shape index (κ2) is 4.72. The van der Waals surface area contributed by atoms with Crippen LogP contribution in [0, 0.1) is 0 Å². The van der Waals surface area contributed by atoms with Crippen molar-refractivity contribution in [3.63, 3.8) is 0 Å². The maximum atomic E-state index is 13.5. The van der Waals surface area contributed by atoms with Crippen LogP contribution in [0.15, 0.2) is 24.3 Å². The zero-order valence-electron chi connectivity index (χ0n) is 10.1. The van der Waals surface area contributed by atoms with Crippen molar-refractivity contribution in [2.24, 2.45) is 0 Å². The highest BCUT2D eigenvalue weighted by molar-refractivity contribution is 5.77. The van der Waals surface area contributed by atoms with Crippen LogP contribution < -0.4 is 5.73 Å². The Labute approximate surface area is 114 Å². The predicted octanol–water partition coefficient (Wildman–Crippen LogP) is 1.87. The minimum Gasteiger partial charge on any atom is -0.477 e. The lowest BCUT2D eigenvalue weighted by Gasteiger charge is -2.20. The fourth-order valence-electron chi connectivity index (χ4n) is 1.45. The minimum absolute atomic E-state index is 0.251. The van der Waals surface area contributed by atoms with Crippen molar-refractivity contribution in [2.75, 3.05) is 5.73 Å². The molecule has 112 valence electrons. The molecular weight excluding hydrogens is 296 g/mol. The molecule has 2 rings (SSSR count). The summed E-state index contributed by atoms with van der Waals surface area (Å²) in [5.41, 5.74) is 6.09. The first-order valence-corrected chi connectivity index (χ1v) is 5.44. The molecule has 0 unspecified atom stereocenters. The van der Waals surface area contributed by atoms with E-state index in [9.17, 15) is 22.4 Å². The molecule has 4 N–H and O–H groups in total. The lowest BCUT2D eigenvalue weighted by molar-refractivity contribution is -0.231. The Hall–Kier alpha value is -2.65. The summed E-state index contributed by atoms with van der Waals surface area (Å²) < 4.78 is 53.0. The van der Waals surface area contributed by atoms with Gasteiger partial charge in [0.1, 0.15) is 0 Å². The molecule has 0 saturated heterocycles. The number of aromatic amines is 1. The molecule has 0 amide bonds. The molecule has 0 atom stereocenters. The topological polar surface area (TPSA) is 105 Å². The van der Waals surface area contributed by atoms with Gasteiger partial charge in [0, 0.05) is 11.3 Å².